The summed E-state index contributed by atoms with van der Waals surface area (Å²) in [4.78, 5) is 40.4. The zero-order chi connectivity index (χ0) is 33.3. The maximum atomic E-state index is 13.8. The van der Waals surface area contributed by atoms with E-state index in [1.807, 2.05) is 30.3 Å². The molecular formula is C40H56O6. The highest BCUT2D eigenvalue weighted by atomic mass is 16.5. The molecule has 10 atom stereocenters. The number of methoxy groups -OCH3 is 2. The van der Waals surface area contributed by atoms with E-state index in [0.29, 0.717) is 24.0 Å². The van der Waals surface area contributed by atoms with Crippen molar-refractivity contribution in [1.82, 2.24) is 0 Å². The van der Waals surface area contributed by atoms with E-state index >= 15 is 0 Å². The lowest BCUT2D eigenvalue weighted by molar-refractivity contribution is -0.258. The minimum Gasteiger partial charge on any atom is -0.469 e. The van der Waals surface area contributed by atoms with Crippen LogP contribution in [-0.2, 0) is 23.8 Å². The number of rotatable bonds is 6. The van der Waals surface area contributed by atoms with Gasteiger partial charge in [0, 0.05) is 5.41 Å². The molecule has 5 saturated carbocycles. The van der Waals surface area contributed by atoms with Crippen LogP contribution in [0.2, 0.25) is 0 Å². The molecule has 0 saturated heterocycles. The third kappa shape index (κ3) is 4.50. The van der Waals surface area contributed by atoms with E-state index in [-0.39, 0.29) is 63.2 Å². The molecule has 5 fully saturated rings. The van der Waals surface area contributed by atoms with Gasteiger partial charge in [0.2, 0.25) is 0 Å². The van der Waals surface area contributed by atoms with Gasteiger partial charge in [0.1, 0.15) is 0 Å². The summed E-state index contributed by atoms with van der Waals surface area (Å²) < 4.78 is 17.3. The zero-order valence-corrected chi connectivity index (χ0v) is 29.3. The van der Waals surface area contributed by atoms with Gasteiger partial charge in [-0.2, -0.15) is 0 Å². The quantitative estimate of drug-likeness (QED) is 0.178. The number of hydrogen-bond acceptors (Lipinski definition) is 6. The van der Waals surface area contributed by atoms with Crippen molar-refractivity contribution >= 4 is 17.9 Å². The topological polar surface area (TPSA) is 78.9 Å². The third-order valence-corrected chi connectivity index (χ3v) is 15.3. The molecule has 1 aromatic carbocycles. The summed E-state index contributed by atoms with van der Waals surface area (Å²) in [5.41, 5.74) is 0.706. The Morgan fingerprint density at radius 1 is 0.826 bits per heavy atom. The molecule has 0 heterocycles. The van der Waals surface area contributed by atoms with Crippen LogP contribution in [-0.4, -0.2) is 38.7 Å². The second kappa shape index (κ2) is 11.5. The summed E-state index contributed by atoms with van der Waals surface area (Å²) in [5, 5.41) is 0. The molecule has 252 valence electrons. The minimum atomic E-state index is -0.513. The fourth-order valence-corrected chi connectivity index (χ4v) is 13.2. The van der Waals surface area contributed by atoms with Crippen LogP contribution < -0.4 is 0 Å². The molecule has 0 N–H and O–H groups in total. The number of fused-ring (bicyclic) bond motifs is 7. The van der Waals surface area contributed by atoms with Crippen molar-refractivity contribution in [2.75, 3.05) is 20.8 Å². The van der Waals surface area contributed by atoms with E-state index in [0.717, 1.165) is 69.8 Å². The van der Waals surface area contributed by atoms with E-state index < -0.39 is 5.41 Å². The Morgan fingerprint density at radius 2 is 1.54 bits per heavy atom. The normalized spacial score (nSPS) is 42.3. The molecule has 0 unspecified atom stereocenters. The monoisotopic (exact) mass is 632 g/mol. The molecule has 6 nitrogen and oxygen atoms in total. The first-order valence-electron chi connectivity index (χ1n) is 17.8. The highest BCUT2D eigenvalue weighted by Crippen LogP contribution is 2.78. The summed E-state index contributed by atoms with van der Waals surface area (Å²) in [6, 6.07) is 9.33. The number of allylic oxidation sites excluding steroid dienone is 1. The summed E-state index contributed by atoms with van der Waals surface area (Å²) >= 11 is 0. The Kier molecular flexibility index (Phi) is 8.33. The van der Waals surface area contributed by atoms with Crippen molar-refractivity contribution in [2.45, 2.75) is 98.8 Å². The van der Waals surface area contributed by atoms with E-state index in [9.17, 15) is 14.4 Å². The predicted octanol–water partition coefficient (Wildman–Crippen LogP) is 8.44. The summed E-state index contributed by atoms with van der Waals surface area (Å²) in [6.07, 6.45) is 9.35. The van der Waals surface area contributed by atoms with Gasteiger partial charge in [-0.25, -0.2) is 4.79 Å². The van der Waals surface area contributed by atoms with Crippen molar-refractivity contribution in [3.05, 3.63) is 48.0 Å². The van der Waals surface area contributed by atoms with Crippen LogP contribution in [0.25, 0.3) is 0 Å². The van der Waals surface area contributed by atoms with Crippen molar-refractivity contribution in [1.29, 1.82) is 0 Å². The number of benzene rings is 1. The second-order valence-corrected chi connectivity index (χ2v) is 17.0. The van der Waals surface area contributed by atoms with Crippen LogP contribution in [0.15, 0.2) is 42.5 Å². The maximum Gasteiger partial charge on any atom is 0.338 e. The van der Waals surface area contributed by atoms with Gasteiger partial charge < -0.3 is 14.2 Å². The lowest BCUT2D eigenvalue weighted by Gasteiger charge is -2.73. The SMILES string of the molecule is C=C(C)[C@@H]1CC[C@]2(C(=O)OC)CC[C@]3(COC(=O)c4ccccc4)[C@H](CC[C@@H]4[C@@]5(C)CC[C@H](C(=O)OC)C(C)(C)[C@@H]5CC[C@]43C)[C@@H]12. The van der Waals surface area contributed by atoms with Crippen LogP contribution >= 0.6 is 0 Å². The Labute approximate surface area is 276 Å². The highest BCUT2D eigenvalue weighted by molar-refractivity contribution is 5.89. The molecule has 6 rings (SSSR count). The van der Waals surface area contributed by atoms with Crippen LogP contribution in [0.5, 0.6) is 0 Å². The fraction of sp³-hybridized carbons (Fsp3) is 0.725. The zero-order valence-electron chi connectivity index (χ0n) is 29.3. The molecular weight excluding hydrogens is 576 g/mol. The van der Waals surface area contributed by atoms with Gasteiger partial charge in [-0.1, -0.05) is 58.0 Å². The van der Waals surface area contributed by atoms with Crippen LogP contribution in [0.1, 0.15) is 109 Å². The first kappa shape index (κ1) is 33.3. The fourth-order valence-electron chi connectivity index (χ4n) is 13.2. The Hall–Kier alpha value is -2.63. The van der Waals surface area contributed by atoms with Crippen LogP contribution in [0, 0.1) is 62.6 Å². The van der Waals surface area contributed by atoms with Crippen LogP contribution in [0.4, 0.5) is 0 Å². The first-order chi connectivity index (χ1) is 21.7. The third-order valence-electron chi connectivity index (χ3n) is 15.3. The van der Waals surface area contributed by atoms with Crippen molar-refractivity contribution in [3.8, 4) is 0 Å². The minimum absolute atomic E-state index is 0.0444. The molecule has 0 radical (unpaired) electrons. The number of esters is 3. The van der Waals surface area contributed by atoms with Gasteiger partial charge in [-0.3, -0.25) is 9.59 Å². The molecule has 0 aromatic heterocycles. The van der Waals surface area contributed by atoms with Crippen molar-refractivity contribution < 1.29 is 28.6 Å². The molecule has 5 aliphatic rings. The highest BCUT2D eigenvalue weighted by Gasteiger charge is 2.74. The van der Waals surface area contributed by atoms with Crippen molar-refractivity contribution in [2.24, 2.45) is 62.6 Å². The Morgan fingerprint density at radius 3 is 2.20 bits per heavy atom. The average Bonchev–Trinajstić information content (AvgIpc) is 3.44. The van der Waals surface area contributed by atoms with Gasteiger partial charge >= 0.3 is 17.9 Å². The first-order valence-corrected chi connectivity index (χ1v) is 17.8. The summed E-state index contributed by atoms with van der Waals surface area (Å²) in [5.74, 6) is 0.880. The number of carbonyl (C=O) groups is 3. The molecule has 0 aliphatic heterocycles. The Bertz CT molecular complexity index is 1380. The standard InChI is InChI=1S/C40H56O6/c1-25(2)27-16-21-39(35(43)45-8)22-23-40(24-46-33(41)26-12-10-9-11-13-26)28(32(27)39)14-15-31-37(5)19-17-29(34(42)44-7)36(3,4)30(37)18-20-38(31,40)6/h9-13,27-32H,1,14-24H2,2-8H3/t27-,28+,29+,30-,31+,32+,37-,38+,39-,40-/m0/s1. The molecule has 1 aromatic rings. The average molecular weight is 633 g/mol. The number of ether oxygens (including phenoxy) is 3. The summed E-state index contributed by atoms with van der Waals surface area (Å²) in [7, 11) is 3.06. The molecule has 6 heteroatoms. The predicted molar refractivity (Wildman–Crippen MR) is 178 cm³/mol. The largest absolute Gasteiger partial charge is 0.469 e. The van der Waals surface area contributed by atoms with Gasteiger partial charge in [-0.05, 0) is 129 Å². The van der Waals surface area contributed by atoms with E-state index in [1.54, 1.807) is 7.11 Å². The number of hydrogen-bond donors (Lipinski definition) is 0. The molecule has 0 bridgehead atoms. The lowest BCUT2D eigenvalue weighted by Crippen LogP contribution is -2.69. The number of carbonyl (C=O) groups excluding carboxylic acids is 3. The maximum absolute atomic E-state index is 13.8. The van der Waals surface area contributed by atoms with Gasteiger partial charge in [0.15, 0.2) is 0 Å². The Balaban J connectivity index is 1.44. The van der Waals surface area contributed by atoms with Crippen molar-refractivity contribution in [3.63, 3.8) is 0 Å². The van der Waals surface area contributed by atoms with Gasteiger partial charge in [0.05, 0.1) is 37.7 Å². The molecule has 5 aliphatic carbocycles. The van der Waals surface area contributed by atoms with E-state index in [2.05, 4.69) is 41.2 Å². The second-order valence-electron chi connectivity index (χ2n) is 17.0. The molecule has 0 spiro atoms. The van der Waals surface area contributed by atoms with Crippen LogP contribution in [0.3, 0.4) is 0 Å². The van der Waals surface area contributed by atoms with E-state index in [1.165, 1.54) is 7.11 Å². The van der Waals surface area contributed by atoms with Gasteiger partial charge in [0.25, 0.3) is 0 Å². The van der Waals surface area contributed by atoms with Gasteiger partial charge in [-0.15, -0.1) is 0 Å². The molecule has 46 heavy (non-hydrogen) atoms. The lowest BCUT2D eigenvalue weighted by atomic mass is 9.31. The van der Waals surface area contributed by atoms with E-state index in [4.69, 9.17) is 14.2 Å². The smallest absolute Gasteiger partial charge is 0.338 e. The molecule has 0 amide bonds. The summed E-state index contributed by atoms with van der Waals surface area (Å²) in [6.45, 7) is 16.6.